The summed E-state index contributed by atoms with van der Waals surface area (Å²) >= 11 is 0. The van der Waals surface area contributed by atoms with Gasteiger partial charge in [-0.1, -0.05) is 11.6 Å². The van der Waals surface area contributed by atoms with Crippen molar-refractivity contribution >= 4 is 5.78 Å². The number of aliphatic hydroxyl groups is 1. The van der Waals surface area contributed by atoms with Crippen molar-refractivity contribution in [3.63, 3.8) is 0 Å². The Hall–Kier alpha value is -3.58. The van der Waals surface area contributed by atoms with Gasteiger partial charge in [0.15, 0.2) is 5.78 Å². The van der Waals surface area contributed by atoms with Crippen LogP contribution in [0.5, 0.6) is 11.5 Å². The van der Waals surface area contributed by atoms with Gasteiger partial charge in [0.1, 0.15) is 5.75 Å². The number of pyridine rings is 1. The molecule has 1 aromatic heterocycles. The van der Waals surface area contributed by atoms with Gasteiger partial charge in [0.2, 0.25) is 0 Å². The zero-order chi connectivity index (χ0) is 31.3. The molecule has 0 aliphatic heterocycles. The number of methoxy groups -OCH3 is 2. The fourth-order valence-corrected chi connectivity index (χ4v) is 3.52. The third-order valence-corrected chi connectivity index (χ3v) is 5.13. The third kappa shape index (κ3) is 9.48. The molecule has 0 amide bonds. The van der Waals surface area contributed by atoms with Crippen LogP contribution in [0.1, 0.15) is 30.5 Å². The van der Waals surface area contributed by atoms with Crippen LogP contribution in [0.15, 0.2) is 54.4 Å². The topological polar surface area (TPSA) is 68.7 Å². The molecule has 3 rings (SSSR count). The number of aliphatic hydroxyl groups excluding tert-OH is 1. The SMILES string of the molecule is CC(=O)/C=C(/C)O.COc1ccnc(-c2[c-]cc(OC)cc2-c2c(C(F)(F)F)cc(C(F)(F)F)cc2C(F)(F)F)c1.[Ir]. The molecule has 0 atom stereocenters. The van der Waals surface area contributed by atoms with Gasteiger partial charge >= 0.3 is 18.5 Å². The smallest absolute Gasteiger partial charge is 0.416 e. The Morgan fingerprint density at radius 1 is 0.857 bits per heavy atom. The van der Waals surface area contributed by atoms with E-state index >= 15 is 0 Å². The number of rotatable bonds is 5. The quantitative estimate of drug-likeness (QED) is 0.122. The number of allylic oxidation sites excluding steroid dienone is 2. The second-order valence-corrected chi connectivity index (χ2v) is 8.25. The number of carbonyl (C=O) groups excluding carboxylic acids is 1. The van der Waals surface area contributed by atoms with E-state index in [1.165, 1.54) is 45.4 Å². The number of benzene rings is 2. The van der Waals surface area contributed by atoms with Crippen molar-refractivity contribution in [2.45, 2.75) is 32.4 Å². The van der Waals surface area contributed by atoms with E-state index in [0.29, 0.717) is 0 Å². The van der Waals surface area contributed by atoms with Crippen molar-refractivity contribution in [2.75, 3.05) is 14.2 Å². The molecule has 1 N–H and O–H groups in total. The van der Waals surface area contributed by atoms with Crippen LogP contribution in [0.4, 0.5) is 39.5 Å². The van der Waals surface area contributed by atoms with Crippen molar-refractivity contribution in [1.29, 1.82) is 0 Å². The van der Waals surface area contributed by atoms with E-state index in [0.717, 1.165) is 19.2 Å². The fourth-order valence-electron chi connectivity index (χ4n) is 3.52. The Morgan fingerprint density at radius 2 is 1.38 bits per heavy atom. The van der Waals surface area contributed by atoms with Gasteiger partial charge < -0.3 is 19.6 Å². The van der Waals surface area contributed by atoms with Crippen LogP contribution in [-0.4, -0.2) is 30.1 Å². The van der Waals surface area contributed by atoms with Gasteiger partial charge in [-0.2, -0.15) is 39.5 Å². The third-order valence-electron chi connectivity index (χ3n) is 5.13. The second-order valence-electron chi connectivity index (χ2n) is 8.25. The molecule has 0 bridgehead atoms. The van der Waals surface area contributed by atoms with E-state index in [4.69, 9.17) is 14.6 Å². The molecular formula is C27H21F9IrNO4-. The Kier molecular flexibility index (Phi) is 12.2. The summed E-state index contributed by atoms with van der Waals surface area (Å²) in [7, 11) is 2.38. The van der Waals surface area contributed by atoms with Crippen LogP contribution in [0, 0.1) is 6.07 Å². The maximum absolute atomic E-state index is 13.9. The minimum Gasteiger partial charge on any atom is -0.540 e. The van der Waals surface area contributed by atoms with Crippen molar-refractivity contribution < 1.29 is 79.0 Å². The summed E-state index contributed by atoms with van der Waals surface area (Å²) in [5, 5.41) is 8.36. The second kappa shape index (κ2) is 14.1. The normalized spacial score (nSPS) is 12.1. The number of alkyl halides is 9. The van der Waals surface area contributed by atoms with E-state index in [-0.39, 0.29) is 66.5 Å². The molecule has 1 radical (unpaired) electrons. The van der Waals surface area contributed by atoms with Crippen molar-refractivity contribution in [3.05, 3.63) is 77.2 Å². The summed E-state index contributed by atoms with van der Waals surface area (Å²) < 4.78 is 133. The van der Waals surface area contributed by atoms with E-state index in [1.807, 2.05) is 0 Å². The molecule has 5 nitrogen and oxygen atoms in total. The number of halogens is 9. The Bertz CT molecular complexity index is 1390. The molecular weight excluding hydrogens is 765 g/mol. The average molecular weight is 787 g/mol. The first-order valence-corrected chi connectivity index (χ1v) is 11.2. The molecule has 0 aliphatic rings. The standard InChI is InChI=1S/C22H13F9NO2.C5H8O2.Ir/c1-33-12-3-4-14(18-10-13(34-2)5-6-32-18)15(9-12)19-16(21(26,27)28)7-11(20(23,24)25)8-17(19)22(29,30)31;1-4(6)3-5(2)7;/h3,5-10H,1-2H3;3,6H,1-2H3;/q-1;;/b;4-3-;. The van der Waals surface area contributed by atoms with E-state index in [9.17, 15) is 44.3 Å². The molecule has 3 aromatic rings. The number of aromatic nitrogens is 1. The number of hydrogen-bond acceptors (Lipinski definition) is 5. The summed E-state index contributed by atoms with van der Waals surface area (Å²) in [6.07, 6.45) is -14.2. The molecule has 231 valence electrons. The van der Waals surface area contributed by atoms with Crippen LogP contribution in [0.25, 0.3) is 22.4 Å². The molecule has 0 aliphatic carbocycles. The van der Waals surface area contributed by atoms with E-state index < -0.39 is 46.3 Å². The number of nitrogens with zero attached hydrogens (tertiary/aromatic N) is 1. The Labute approximate surface area is 247 Å². The Balaban J connectivity index is 0.000000981. The van der Waals surface area contributed by atoms with Gasteiger partial charge in [0.25, 0.3) is 0 Å². The molecule has 0 fully saturated rings. The minimum absolute atomic E-state index is 0. The van der Waals surface area contributed by atoms with Crippen molar-refractivity contribution in [2.24, 2.45) is 0 Å². The summed E-state index contributed by atoms with van der Waals surface area (Å²) in [4.78, 5) is 14.0. The van der Waals surface area contributed by atoms with Gasteiger partial charge in [0, 0.05) is 38.1 Å². The first-order valence-electron chi connectivity index (χ1n) is 11.2. The van der Waals surface area contributed by atoms with Crippen LogP contribution >= 0.6 is 0 Å². The maximum atomic E-state index is 13.9. The van der Waals surface area contributed by atoms with Gasteiger partial charge in [0.05, 0.1) is 36.7 Å². The van der Waals surface area contributed by atoms with E-state index in [1.54, 1.807) is 0 Å². The first kappa shape index (κ1) is 36.4. The number of carbonyl (C=O) groups is 1. The number of ether oxygens (including phenoxy) is 2. The molecule has 0 saturated carbocycles. The molecule has 15 heteroatoms. The van der Waals surface area contributed by atoms with Crippen LogP contribution < -0.4 is 9.47 Å². The predicted molar refractivity (Wildman–Crippen MR) is 129 cm³/mol. The fraction of sp³-hybridized carbons (Fsp3) is 0.259. The van der Waals surface area contributed by atoms with Gasteiger partial charge in [-0.05, 0) is 49.4 Å². The molecule has 42 heavy (non-hydrogen) atoms. The van der Waals surface area contributed by atoms with Crippen LogP contribution in [0.3, 0.4) is 0 Å². The van der Waals surface area contributed by atoms with Crippen molar-refractivity contribution in [3.8, 4) is 33.9 Å². The molecule has 0 saturated heterocycles. The zero-order valence-corrected chi connectivity index (χ0v) is 24.4. The molecule has 0 unspecified atom stereocenters. The van der Waals surface area contributed by atoms with Crippen molar-refractivity contribution in [1.82, 2.24) is 4.98 Å². The van der Waals surface area contributed by atoms with Gasteiger partial charge in [-0.15, -0.1) is 17.7 Å². The summed E-state index contributed by atoms with van der Waals surface area (Å²) in [6.45, 7) is 2.85. The van der Waals surface area contributed by atoms with Crippen LogP contribution in [-0.2, 0) is 43.4 Å². The average Bonchev–Trinajstić information content (AvgIpc) is 2.85. The summed E-state index contributed by atoms with van der Waals surface area (Å²) in [5.41, 5.74) is -9.05. The monoisotopic (exact) mass is 787 g/mol. The minimum atomic E-state index is -5.57. The predicted octanol–water partition coefficient (Wildman–Crippen LogP) is 8.32. The first-order chi connectivity index (χ1) is 18.8. The molecule has 1 heterocycles. The molecule has 2 aromatic carbocycles. The maximum Gasteiger partial charge on any atom is 0.416 e. The largest absolute Gasteiger partial charge is 0.540 e. The van der Waals surface area contributed by atoms with Gasteiger partial charge in [-0.25, -0.2) is 0 Å². The summed E-state index contributed by atoms with van der Waals surface area (Å²) in [5.74, 6) is -0.0602. The van der Waals surface area contributed by atoms with Crippen LogP contribution in [0.2, 0.25) is 0 Å². The number of hydrogen-bond donors (Lipinski definition) is 1. The zero-order valence-electron chi connectivity index (χ0n) is 22.0. The Morgan fingerprint density at radius 3 is 1.76 bits per heavy atom. The van der Waals surface area contributed by atoms with Gasteiger partial charge in [-0.3, -0.25) is 4.79 Å². The van der Waals surface area contributed by atoms with E-state index in [2.05, 4.69) is 11.1 Å². The summed E-state index contributed by atoms with van der Waals surface area (Å²) in [6, 6.07) is 6.42. The number of ketones is 1. The molecule has 0 spiro atoms.